The molecule has 0 aliphatic carbocycles. The van der Waals surface area contributed by atoms with Gasteiger partial charge in [0.15, 0.2) is 0 Å². The van der Waals surface area contributed by atoms with Crippen LogP contribution in [0.5, 0.6) is 0 Å². The van der Waals surface area contributed by atoms with E-state index in [1.807, 2.05) is 13.8 Å². The maximum absolute atomic E-state index is 13.2. The highest BCUT2D eigenvalue weighted by Gasteiger charge is 2.23. The first-order valence-electron chi connectivity index (χ1n) is 9.45. The van der Waals surface area contributed by atoms with E-state index in [4.69, 9.17) is 0 Å². The number of benzene rings is 1. The van der Waals surface area contributed by atoms with E-state index >= 15 is 0 Å². The fourth-order valence-corrected chi connectivity index (χ4v) is 3.42. The topological polar surface area (TPSA) is 92.2 Å². The molecule has 0 saturated carbocycles. The molecule has 2 aromatic heterocycles. The van der Waals surface area contributed by atoms with Gasteiger partial charge in [-0.2, -0.15) is 5.10 Å². The predicted molar refractivity (Wildman–Crippen MR) is 110 cm³/mol. The van der Waals surface area contributed by atoms with Gasteiger partial charge < -0.3 is 15.5 Å². The molecule has 0 fully saturated rings. The van der Waals surface area contributed by atoms with Crippen molar-refractivity contribution in [3.8, 4) is 5.69 Å². The van der Waals surface area contributed by atoms with E-state index in [1.165, 1.54) is 23.2 Å². The van der Waals surface area contributed by atoms with Crippen molar-refractivity contribution in [1.82, 2.24) is 20.1 Å². The second kappa shape index (κ2) is 7.58. The molecule has 1 aromatic carbocycles. The molecule has 154 valence electrons. The molecule has 0 unspecified atom stereocenters. The maximum Gasteiger partial charge on any atom is 0.253 e. The summed E-state index contributed by atoms with van der Waals surface area (Å²) in [5.74, 6) is -0.138. The van der Waals surface area contributed by atoms with E-state index in [-0.39, 0.29) is 30.7 Å². The summed E-state index contributed by atoms with van der Waals surface area (Å²) >= 11 is 0. The first-order valence-corrected chi connectivity index (χ1v) is 9.45. The number of carbonyl (C=O) groups excluding carboxylic acids is 2. The third-order valence-electron chi connectivity index (χ3n) is 5.21. The Morgan fingerprint density at radius 1 is 1.27 bits per heavy atom. The highest BCUT2D eigenvalue weighted by atomic mass is 19.1. The maximum atomic E-state index is 13.2. The van der Waals surface area contributed by atoms with Crippen molar-refractivity contribution in [3.63, 3.8) is 0 Å². The summed E-state index contributed by atoms with van der Waals surface area (Å²) in [7, 11) is 1.65. The van der Waals surface area contributed by atoms with Crippen LogP contribution in [0.2, 0.25) is 0 Å². The van der Waals surface area contributed by atoms with Crippen molar-refractivity contribution in [2.45, 2.75) is 20.4 Å². The van der Waals surface area contributed by atoms with Crippen molar-refractivity contribution in [2.75, 3.05) is 23.8 Å². The van der Waals surface area contributed by atoms with E-state index in [1.54, 1.807) is 29.9 Å². The summed E-state index contributed by atoms with van der Waals surface area (Å²) in [5, 5.41) is 10.3. The average molecular weight is 408 g/mol. The van der Waals surface area contributed by atoms with Gasteiger partial charge in [0.1, 0.15) is 11.6 Å². The van der Waals surface area contributed by atoms with Crippen LogP contribution >= 0.6 is 0 Å². The fraction of sp³-hybridized carbons (Fsp3) is 0.238. The molecule has 0 radical (unpaired) electrons. The summed E-state index contributed by atoms with van der Waals surface area (Å²) in [6.07, 6.45) is 1.48. The average Bonchev–Trinajstić information content (AvgIpc) is 3.03. The molecule has 1 aliphatic rings. The molecular formula is C21H21FN6O2. The number of pyridine rings is 1. The van der Waals surface area contributed by atoms with Crippen molar-refractivity contribution in [3.05, 3.63) is 64.9 Å². The van der Waals surface area contributed by atoms with Gasteiger partial charge in [-0.05, 0) is 44.2 Å². The monoisotopic (exact) mass is 408 g/mol. The SMILES string of the molecule is Cc1nn(-c2ccc(F)cc2)c(C)c1CNC(=O)c1cnc2c(c1)N(C)C(=O)CN2. The molecule has 4 rings (SSSR count). The highest BCUT2D eigenvalue weighted by Crippen LogP contribution is 2.27. The van der Waals surface area contributed by atoms with Gasteiger partial charge in [-0.15, -0.1) is 0 Å². The van der Waals surface area contributed by atoms with Crippen LogP contribution in [-0.2, 0) is 11.3 Å². The number of likely N-dealkylation sites (N-methyl/N-ethyl adjacent to an activating group) is 1. The number of fused-ring (bicyclic) bond motifs is 1. The van der Waals surface area contributed by atoms with Crippen LogP contribution < -0.4 is 15.5 Å². The predicted octanol–water partition coefficient (Wildman–Crippen LogP) is 2.34. The van der Waals surface area contributed by atoms with Crippen LogP contribution in [0.25, 0.3) is 5.69 Å². The number of aromatic nitrogens is 3. The Labute approximate surface area is 172 Å². The molecule has 30 heavy (non-hydrogen) atoms. The summed E-state index contributed by atoms with van der Waals surface area (Å²) in [4.78, 5) is 30.3. The minimum absolute atomic E-state index is 0.0960. The van der Waals surface area contributed by atoms with E-state index < -0.39 is 0 Å². The number of hydrogen-bond donors (Lipinski definition) is 2. The van der Waals surface area contributed by atoms with E-state index in [9.17, 15) is 14.0 Å². The number of carbonyl (C=O) groups is 2. The Morgan fingerprint density at radius 3 is 2.73 bits per heavy atom. The van der Waals surface area contributed by atoms with Gasteiger partial charge in [0.05, 0.1) is 29.2 Å². The third-order valence-corrected chi connectivity index (χ3v) is 5.21. The minimum atomic E-state index is -0.311. The van der Waals surface area contributed by atoms with Gasteiger partial charge in [0, 0.05) is 31.0 Å². The van der Waals surface area contributed by atoms with Crippen molar-refractivity contribution in [1.29, 1.82) is 0 Å². The molecular weight excluding hydrogens is 387 g/mol. The van der Waals surface area contributed by atoms with Gasteiger partial charge in [-0.25, -0.2) is 14.1 Å². The van der Waals surface area contributed by atoms with Crippen LogP contribution in [0, 0.1) is 19.7 Å². The lowest BCUT2D eigenvalue weighted by Crippen LogP contribution is -2.37. The molecule has 0 atom stereocenters. The molecule has 0 spiro atoms. The molecule has 3 aromatic rings. The number of nitrogens with one attached hydrogen (secondary N) is 2. The molecule has 2 N–H and O–H groups in total. The Bertz CT molecular complexity index is 1140. The largest absolute Gasteiger partial charge is 0.359 e. The number of halogens is 1. The van der Waals surface area contributed by atoms with Gasteiger partial charge >= 0.3 is 0 Å². The summed E-state index contributed by atoms with van der Waals surface area (Å²) in [5.41, 5.74) is 4.18. The number of rotatable bonds is 4. The number of amides is 2. The Kier molecular flexibility index (Phi) is 4.94. The Morgan fingerprint density at radius 2 is 2.00 bits per heavy atom. The minimum Gasteiger partial charge on any atom is -0.359 e. The number of nitrogens with zero attached hydrogens (tertiary/aromatic N) is 4. The standard InChI is InChI=1S/C21H21FN6O2/c1-12-17(13(2)28(26-12)16-6-4-15(22)5-7-16)10-25-21(30)14-8-18-20(23-9-14)24-11-19(29)27(18)3/h4-9H,10-11H2,1-3H3,(H,23,24)(H,25,30). The van der Waals surface area contributed by atoms with Crippen LogP contribution in [-0.4, -0.2) is 40.2 Å². The first kappa shape index (κ1) is 19.6. The van der Waals surface area contributed by atoms with Gasteiger partial charge in [-0.3, -0.25) is 9.59 Å². The van der Waals surface area contributed by atoms with E-state index in [0.29, 0.717) is 17.1 Å². The zero-order valence-electron chi connectivity index (χ0n) is 16.9. The van der Waals surface area contributed by atoms with Crippen LogP contribution in [0.4, 0.5) is 15.9 Å². The quantitative estimate of drug-likeness (QED) is 0.691. The zero-order chi connectivity index (χ0) is 21.4. The molecule has 9 heteroatoms. The van der Waals surface area contributed by atoms with Gasteiger partial charge in [-0.1, -0.05) is 0 Å². The molecule has 0 bridgehead atoms. The lowest BCUT2D eigenvalue weighted by molar-refractivity contribution is -0.116. The van der Waals surface area contributed by atoms with Crippen LogP contribution in [0.3, 0.4) is 0 Å². The first-order chi connectivity index (χ1) is 14.3. The smallest absolute Gasteiger partial charge is 0.253 e. The zero-order valence-corrected chi connectivity index (χ0v) is 16.9. The Hall–Kier alpha value is -3.75. The fourth-order valence-electron chi connectivity index (χ4n) is 3.42. The molecule has 0 saturated heterocycles. The molecule has 2 amide bonds. The lowest BCUT2D eigenvalue weighted by Gasteiger charge is -2.26. The molecule has 8 nitrogen and oxygen atoms in total. The lowest BCUT2D eigenvalue weighted by atomic mass is 10.1. The van der Waals surface area contributed by atoms with E-state index in [2.05, 4.69) is 20.7 Å². The van der Waals surface area contributed by atoms with E-state index in [0.717, 1.165) is 22.6 Å². The number of hydrogen-bond acceptors (Lipinski definition) is 5. The van der Waals surface area contributed by atoms with Crippen molar-refractivity contribution in [2.24, 2.45) is 0 Å². The third kappa shape index (κ3) is 3.49. The highest BCUT2D eigenvalue weighted by molar-refractivity contribution is 6.03. The van der Waals surface area contributed by atoms with Gasteiger partial charge in [0.2, 0.25) is 5.91 Å². The van der Waals surface area contributed by atoms with Gasteiger partial charge in [0.25, 0.3) is 5.91 Å². The summed E-state index contributed by atoms with van der Waals surface area (Å²) in [6.45, 7) is 4.22. The Balaban J connectivity index is 1.52. The number of anilines is 2. The van der Waals surface area contributed by atoms with Crippen LogP contribution in [0.15, 0.2) is 36.5 Å². The second-order valence-corrected chi connectivity index (χ2v) is 7.12. The summed E-state index contributed by atoms with van der Waals surface area (Å²) < 4.78 is 14.9. The van der Waals surface area contributed by atoms with Crippen LogP contribution in [0.1, 0.15) is 27.3 Å². The number of aryl methyl sites for hydroxylation is 1. The normalized spacial score (nSPS) is 13.1. The van der Waals surface area contributed by atoms with Crippen molar-refractivity contribution >= 4 is 23.3 Å². The second-order valence-electron chi connectivity index (χ2n) is 7.12. The van der Waals surface area contributed by atoms with Crippen molar-refractivity contribution < 1.29 is 14.0 Å². The molecule has 3 heterocycles. The summed E-state index contributed by atoms with van der Waals surface area (Å²) in [6, 6.07) is 7.72. The molecule has 1 aliphatic heterocycles.